The van der Waals surface area contributed by atoms with Crippen LogP contribution in [0.4, 0.5) is 0 Å². The zero-order valence-electron chi connectivity index (χ0n) is 21.1. The maximum Gasteiger partial charge on any atom is 0.337 e. The van der Waals surface area contributed by atoms with Gasteiger partial charge in [0.1, 0.15) is 5.75 Å². The van der Waals surface area contributed by atoms with Crippen molar-refractivity contribution < 1.29 is 28.5 Å². The Balaban J connectivity index is 1.85. The van der Waals surface area contributed by atoms with E-state index in [1.807, 2.05) is 13.8 Å². The summed E-state index contributed by atoms with van der Waals surface area (Å²) >= 11 is 4.59. The van der Waals surface area contributed by atoms with Gasteiger partial charge in [-0.25, -0.2) is 9.79 Å². The molecule has 198 valence electrons. The molecule has 0 fully saturated rings. The van der Waals surface area contributed by atoms with E-state index in [0.29, 0.717) is 55.4 Å². The van der Waals surface area contributed by atoms with Crippen LogP contribution in [-0.4, -0.2) is 36.8 Å². The monoisotopic (exact) mass is 600 g/mol. The van der Waals surface area contributed by atoms with Crippen molar-refractivity contribution in [1.29, 1.82) is 0 Å². The fourth-order valence-corrected chi connectivity index (χ4v) is 5.43. The molecule has 0 radical (unpaired) electrons. The number of rotatable bonds is 8. The average molecular weight is 601 g/mol. The maximum absolute atomic E-state index is 13.7. The summed E-state index contributed by atoms with van der Waals surface area (Å²) in [5.74, 6) is 0.420. The van der Waals surface area contributed by atoms with Crippen LogP contribution in [0.2, 0.25) is 0 Å². The van der Waals surface area contributed by atoms with Crippen molar-refractivity contribution >= 4 is 45.3 Å². The predicted molar refractivity (Wildman–Crippen MR) is 145 cm³/mol. The molecule has 2 aromatic carbocycles. The third-order valence-corrected chi connectivity index (χ3v) is 7.13. The molecule has 11 heteroatoms. The van der Waals surface area contributed by atoms with Crippen LogP contribution >= 0.6 is 27.3 Å². The smallest absolute Gasteiger partial charge is 0.337 e. The number of hydrogen-bond acceptors (Lipinski definition) is 9. The SMILES string of the molecule is CCOc1ccc([C@@H]2C(C(=O)OC)=CN=c3s/c(=C/c4ccc(OC(C)=O)c(Br)c4)c(=O)n32)cc1OCC. The Morgan fingerprint density at radius 2 is 1.79 bits per heavy atom. The molecule has 1 atom stereocenters. The first-order chi connectivity index (χ1) is 18.3. The highest BCUT2D eigenvalue weighted by Crippen LogP contribution is 2.35. The minimum atomic E-state index is -0.784. The molecule has 0 N–H and O–H groups in total. The number of benzene rings is 2. The lowest BCUT2D eigenvalue weighted by Crippen LogP contribution is -2.39. The Labute approximate surface area is 230 Å². The largest absolute Gasteiger partial charge is 0.490 e. The molecule has 1 aromatic heterocycles. The van der Waals surface area contributed by atoms with E-state index in [9.17, 15) is 14.4 Å². The van der Waals surface area contributed by atoms with Gasteiger partial charge in [0.25, 0.3) is 5.56 Å². The Hall–Kier alpha value is -3.70. The number of aromatic nitrogens is 1. The van der Waals surface area contributed by atoms with Gasteiger partial charge in [-0.3, -0.25) is 14.2 Å². The highest BCUT2D eigenvalue weighted by Gasteiger charge is 2.31. The van der Waals surface area contributed by atoms with Gasteiger partial charge in [0.05, 0.1) is 40.9 Å². The molecule has 0 unspecified atom stereocenters. The second-order valence-corrected chi connectivity index (χ2v) is 9.90. The molecule has 2 heterocycles. The summed E-state index contributed by atoms with van der Waals surface area (Å²) in [7, 11) is 1.28. The van der Waals surface area contributed by atoms with E-state index in [-0.39, 0.29) is 11.1 Å². The first kappa shape index (κ1) is 27.3. The molecule has 9 nitrogen and oxygen atoms in total. The van der Waals surface area contributed by atoms with Gasteiger partial charge >= 0.3 is 11.9 Å². The van der Waals surface area contributed by atoms with Crippen molar-refractivity contribution in [1.82, 2.24) is 4.57 Å². The summed E-state index contributed by atoms with van der Waals surface area (Å²) < 4.78 is 24.1. The molecular formula is C27H25BrN2O7S. The Bertz CT molecular complexity index is 1610. The van der Waals surface area contributed by atoms with Crippen molar-refractivity contribution in [2.45, 2.75) is 26.8 Å². The number of fused-ring (bicyclic) bond motifs is 1. The molecule has 0 spiro atoms. The molecule has 0 saturated carbocycles. The van der Waals surface area contributed by atoms with Gasteiger partial charge < -0.3 is 18.9 Å². The quantitative estimate of drug-likeness (QED) is 0.288. The number of ether oxygens (including phenoxy) is 4. The summed E-state index contributed by atoms with van der Waals surface area (Å²) in [4.78, 5) is 42.5. The van der Waals surface area contributed by atoms with Crippen LogP contribution in [0.15, 0.2) is 62.4 Å². The van der Waals surface area contributed by atoms with Crippen molar-refractivity contribution in [3.05, 3.63) is 83.5 Å². The van der Waals surface area contributed by atoms with E-state index in [0.717, 1.165) is 0 Å². The van der Waals surface area contributed by atoms with E-state index in [1.165, 1.54) is 36.1 Å². The lowest BCUT2D eigenvalue weighted by atomic mass is 9.97. The molecule has 0 aliphatic carbocycles. The number of carbonyl (C=O) groups excluding carboxylic acids is 2. The van der Waals surface area contributed by atoms with Crippen LogP contribution in [0.1, 0.15) is 37.9 Å². The Morgan fingerprint density at radius 1 is 1.08 bits per heavy atom. The normalized spacial score (nSPS) is 14.7. The van der Waals surface area contributed by atoms with Crippen LogP contribution < -0.4 is 29.1 Å². The van der Waals surface area contributed by atoms with E-state index in [2.05, 4.69) is 20.9 Å². The summed E-state index contributed by atoms with van der Waals surface area (Å²) in [6, 6.07) is 9.66. The number of thiazole rings is 1. The van der Waals surface area contributed by atoms with Crippen LogP contribution in [0.3, 0.4) is 0 Å². The van der Waals surface area contributed by atoms with Crippen molar-refractivity contribution in [2.75, 3.05) is 20.3 Å². The molecule has 0 amide bonds. The van der Waals surface area contributed by atoms with Crippen molar-refractivity contribution in [3.8, 4) is 17.2 Å². The van der Waals surface area contributed by atoms with Gasteiger partial charge in [0.2, 0.25) is 0 Å². The number of halogens is 1. The van der Waals surface area contributed by atoms with Crippen LogP contribution in [0.25, 0.3) is 6.08 Å². The average Bonchev–Trinajstić information content (AvgIpc) is 3.20. The zero-order chi connectivity index (χ0) is 27.4. The second-order valence-electron chi connectivity index (χ2n) is 8.03. The van der Waals surface area contributed by atoms with Gasteiger partial charge in [-0.2, -0.15) is 0 Å². The first-order valence-electron chi connectivity index (χ1n) is 11.7. The summed E-state index contributed by atoms with van der Waals surface area (Å²) in [6.45, 7) is 5.93. The summed E-state index contributed by atoms with van der Waals surface area (Å²) in [5, 5.41) is 0. The minimum absolute atomic E-state index is 0.214. The molecule has 0 bridgehead atoms. The molecule has 3 aromatic rings. The fraction of sp³-hybridized carbons (Fsp3) is 0.259. The van der Waals surface area contributed by atoms with Gasteiger partial charge in [-0.1, -0.05) is 23.5 Å². The summed E-state index contributed by atoms with van der Waals surface area (Å²) in [5.41, 5.74) is 1.25. The number of hydrogen-bond donors (Lipinski definition) is 0. The first-order valence-corrected chi connectivity index (χ1v) is 13.3. The molecule has 38 heavy (non-hydrogen) atoms. The lowest BCUT2D eigenvalue weighted by Gasteiger charge is -2.23. The van der Waals surface area contributed by atoms with Crippen molar-refractivity contribution in [3.63, 3.8) is 0 Å². The molecule has 0 saturated heterocycles. The number of carbonyl (C=O) groups is 2. The topological polar surface area (TPSA) is 105 Å². The van der Waals surface area contributed by atoms with Crippen molar-refractivity contribution in [2.24, 2.45) is 4.99 Å². The second kappa shape index (κ2) is 11.8. The molecular weight excluding hydrogens is 576 g/mol. The zero-order valence-corrected chi connectivity index (χ0v) is 23.6. The standard InChI is InChI=1S/C27H25BrN2O7S/c1-5-35-21-10-8-17(13-22(21)36-6-2)24-18(26(33)34-4)14-29-27-30(24)25(32)23(38-27)12-16-7-9-20(19(28)11-16)37-15(3)31/h7-14,24H,5-6H2,1-4H3/b23-12+/t24-/m1/s1. The maximum atomic E-state index is 13.7. The Kier molecular flexibility index (Phi) is 8.48. The van der Waals surface area contributed by atoms with Gasteiger partial charge in [0, 0.05) is 13.1 Å². The van der Waals surface area contributed by atoms with E-state index in [1.54, 1.807) is 42.5 Å². The van der Waals surface area contributed by atoms with Crippen LogP contribution in [0, 0.1) is 0 Å². The van der Waals surface area contributed by atoms with Gasteiger partial charge in [-0.15, -0.1) is 0 Å². The van der Waals surface area contributed by atoms with E-state index < -0.39 is 18.0 Å². The third-order valence-electron chi connectivity index (χ3n) is 5.52. The number of nitrogens with zero attached hydrogens (tertiary/aromatic N) is 2. The summed E-state index contributed by atoms with van der Waals surface area (Å²) in [6.07, 6.45) is 3.15. The number of methoxy groups -OCH3 is 1. The lowest BCUT2D eigenvalue weighted by molar-refractivity contribution is -0.136. The fourth-order valence-electron chi connectivity index (χ4n) is 3.98. The van der Waals surface area contributed by atoms with Gasteiger partial charge in [0.15, 0.2) is 16.3 Å². The number of esters is 2. The Morgan fingerprint density at radius 3 is 2.45 bits per heavy atom. The molecule has 1 aliphatic heterocycles. The van der Waals surface area contributed by atoms with E-state index in [4.69, 9.17) is 18.9 Å². The minimum Gasteiger partial charge on any atom is -0.490 e. The van der Waals surface area contributed by atoms with Crippen LogP contribution in [-0.2, 0) is 14.3 Å². The predicted octanol–water partition coefficient (Wildman–Crippen LogP) is 3.50. The molecule has 4 rings (SSSR count). The van der Waals surface area contributed by atoms with Crippen LogP contribution in [0.5, 0.6) is 17.2 Å². The highest BCUT2D eigenvalue weighted by molar-refractivity contribution is 9.10. The third kappa shape index (κ3) is 5.58. The highest BCUT2D eigenvalue weighted by atomic mass is 79.9. The molecule has 1 aliphatic rings. The van der Waals surface area contributed by atoms with E-state index >= 15 is 0 Å². The van der Waals surface area contributed by atoms with Gasteiger partial charge in [-0.05, 0) is 71.2 Å².